The van der Waals surface area contributed by atoms with Crippen LogP contribution in [0.25, 0.3) is 0 Å². The summed E-state index contributed by atoms with van der Waals surface area (Å²) in [6.45, 7) is 0. The average molecular weight is 204 g/mol. The summed E-state index contributed by atoms with van der Waals surface area (Å²) in [4.78, 5) is 0. The van der Waals surface area contributed by atoms with Gasteiger partial charge in [-0.3, -0.25) is 0 Å². The fraction of sp³-hybridized carbons (Fsp3) is 1.00. The standard InChI is InChI=1S/C2H2F4O3S.Na/c3-1(2(4,5)6)10(7,8)9;/h1H,(H,7,8,9);/q;+1/p-1. The molecule has 0 aromatic carbocycles. The first-order valence-corrected chi connectivity index (χ1v) is 3.28. The molecule has 0 saturated carbocycles. The molecule has 0 fully saturated rings. The van der Waals surface area contributed by atoms with Crippen LogP contribution in [0.4, 0.5) is 17.6 Å². The van der Waals surface area contributed by atoms with Crippen LogP contribution in [0.5, 0.6) is 0 Å². The second kappa shape index (κ2) is 4.04. The minimum absolute atomic E-state index is 0. The summed E-state index contributed by atoms with van der Waals surface area (Å²) in [5.74, 6) is 0. The SMILES string of the molecule is O=S(=O)([O-])C(F)C(F)(F)F.[Na+]. The number of alkyl halides is 4. The van der Waals surface area contributed by atoms with Gasteiger partial charge in [-0.15, -0.1) is 0 Å². The van der Waals surface area contributed by atoms with Crippen LogP contribution in [0.1, 0.15) is 0 Å². The molecule has 0 aliphatic carbocycles. The van der Waals surface area contributed by atoms with E-state index in [1.165, 1.54) is 0 Å². The minimum Gasteiger partial charge on any atom is -0.745 e. The summed E-state index contributed by atoms with van der Waals surface area (Å²) >= 11 is 0. The molecule has 0 rings (SSSR count). The molecule has 1 unspecified atom stereocenters. The molecule has 0 spiro atoms. The second-order valence-corrected chi connectivity index (χ2v) is 2.75. The van der Waals surface area contributed by atoms with Crippen LogP contribution in [-0.4, -0.2) is 24.7 Å². The molecule has 1 atom stereocenters. The van der Waals surface area contributed by atoms with Crippen molar-refractivity contribution in [1.29, 1.82) is 0 Å². The molecule has 0 aromatic heterocycles. The first-order valence-electron chi connectivity index (χ1n) is 1.81. The monoisotopic (exact) mass is 204 g/mol. The maximum Gasteiger partial charge on any atom is 1.00 e. The van der Waals surface area contributed by atoms with Crippen LogP contribution in [0, 0.1) is 0 Å². The average Bonchev–Trinajstić information content (AvgIpc) is 1.59. The van der Waals surface area contributed by atoms with Gasteiger partial charge in [-0.05, 0) is 0 Å². The Morgan fingerprint density at radius 3 is 1.55 bits per heavy atom. The van der Waals surface area contributed by atoms with Gasteiger partial charge in [0.25, 0.3) is 5.50 Å². The van der Waals surface area contributed by atoms with Crippen molar-refractivity contribution in [3.05, 3.63) is 0 Å². The van der Waals surface area contributed by atoms with Gasteiger partial charge in [0.05, 0.1) is 0 Å². The zero-order chi connectivity index (χ0) is 8.58. The number of hydrogen-bond donors (Lipinski definition) is 0. The molecule has 0 heterocycles. The third-order valence-corrected chi connectivity index (χ3v) is 1.28. The van der Waals surface area contributed by atoms with E-state index >= 15 is 0 Å². The molecular formula is C2HF4NaO3S. The van der Waals surface area contributed by atoms with Gasteiger partial charge in [-0.25, -0.2) is 12.8 Å². The molecule has 0 aliphatic rings. The van der Waals surface area contributed by atoms with Gasteiger partial charge >= 0.3 is 35.7 Å². The summed E-state index contributed by atoms with van der Waals surface area (Å²) in [6.07, 6.45) is -5.62. The Kier molecular flexibility index (Phi) is 5.20. The third kappa shape index (κ3) is 4.96. The normalized spacial score (nSPS) is 15.4. The van der Waals surface area contributed by atoms with Crippen LogP contribution >= 0.6 is 0 Å². The van der Waals surface area contributed by atoms with Crippen LogP contribution in [-0.2, 0) is 10.1 Å². The number of halogens is 4. The minimum atomic E-state index is -5.90. The van der Waals surface area contributed by atoms with Gasteiger partial charge in [0, 0.05) is 0 Å². The third-order valence-electron chi connectivity index (χ3n) is 0.511. The zero-order valence-electron chi connectivity index (χ0n) is 5.22. The van der Waals surface area contributed by atoms with Crippen molar-refractivity contribution in [3.8, 4) is 0 Å². The van der Waals surface area contributed by atoms with E-state index in [9.17, 15) is 30.5 Å². The van der Waals surface area contributed by atoms with E-state index in [-0.39, 0.29) is 29.6 Å². The molecule has 0 radical (unpaired) electrons. The fourth-order valence-electron chi connectivity index (χ4n) is 0.164. The molecule has 9 heteroatoms. The van der Waals surface area contributed by atoms with Crippen LogP contribution in [0.15, 0.2) is 0 Å². The molecule has 3 nitrogen and oxygen atoms in total. The largest absolute Gasteiger partial charge is 1.00 e. The Morgan fingerprint density at radius 2 is 1.55 bits per heavy atom. The van der Waals surface area contributed by atoms with Crippen LogP contribution in [0.3, 0.4) is 0 Å². The molecule has 0 bridgehead atoms. The van der Waals surface area contributed by atoms with Gasteiger partial charge < -0.3 is 4.55 Å². The summed E-state index contributed by atoms with van der Waals surface area (Å²) in [5, 5.41) is 0. The fourth-order valence-corrected chi connectivity index (χ4v) is 0.491. The van der Waals surface area contributed by atoms with Gasteiger partial charge in [-0.2, -0.15) is 13.2 Å². The Morgan fingerprint density at radius 1 is 1.27 bits per heavy atom. The maximum atomic E-state index is 11.4. The first kappa shape index (κ1) is 14.2. The van der Waals surface area contributed by atoms with Crippen molar-refractivity contribution in [2.24, 2.45) is 0 Å². The molecular weight excluding hydrogens is 203 g/mol. The Bertz CT molecular complexity index is 208. The number of rotatable bonds is 1. The molecule has 0 amide bonds. The Hall–Kier alpha value is 0.630. The van der Waals surface area contributed by atoms with E-state index in [0.717, 1.165) is 0 Å². The quantitative estimate of drug-likeness (QED) is 0.267. The number of hydrogen-bond acceptors (Lipinski definition) is 3. The molecule has 0 N–H and O–H groups in total. The van der Waals surface area contributed by atoms with Gasteiger partial charge in [0.2, 0.25) is 0 Å². The zero-order valence-corrected chi connectivity index (χ0v) is 8.04. The van der Waals surface area contributed by atoms with E-state index in [2.05, 4.69) is 0 Å². The maximum absolute atomic E-state index is 11.4. The van der Waals surface area contributed by atoms with Gasteiger partial charge in [0.15, 0.2) is 0 Å². The summed E-state index contributed by atoms with van der Waals surface area (Å²) in [7, 11) is -5.90. The van der Waals surface area contributed by atoms with Crippen LogP contribution < -0.4 is 29.6 Å². The van der Waals surface area contributed by atoms with Crippen molar-refractivity contribution in [3.63, 3.8) is 0 Å². The van der Waals surface area contributed by atoms with Crippen molar-refractivity contribution >= 4 is 10.1 Å². The summed E-state index contributed by atoms with van der Waals surface area (Å²) < 4.78 is 72.3. The predicted octanol–water partition coefficient (Wildman–Crippen LogP) is -2.61. The predicted molar refractivity (Wildman–Crippen MR) is 20.6 cm³/mol. The molecule has 0 aliphatic heterocycles. The van der Waals surface area contributed by atoms with E-state index in [1.807, 2.05) is 0 Å². The van der Waals surface area contributed by atoms with Crippen molar-refractivity contribution < 1.29 is 60.1 Å². The topological polar surface area (TPSA) is 57.2 Å². The van der Waals surface area contributed by atoms with Crippen molar-refractivity contribution in [2.75, 3.05) is 0 Å². The van der Waals surface area contributed by atoms with E-state index in [1.54, 1.807) is 0 Å². The van der Waals surface area contributed by atoms with Gasteiger partial charge in [0.1, 0.15) is 10.1 Å². The second-order valence-electron chi connectivity index (χ2n) is 1.35. The molecule has 11 heavy (non-hydrogen) atoms. The Labute approximate surface area is 81.8 Å². The first-order chi connectivity index (χ1) is 4.15. The van der Waals surface area contributed by atoms with E-state index in [4.69, 9.17) is 0 Å². The Balaban J connectivity index is 0. The van der Waals surface area contributed by atoms with Crippen molar-refractivity contribution in [2.45, 2.75) is 11.7 Å². The summed E-state index contributed by atoms with van der Waals surface area (Å²) in [6, 6.07) is 0. The molecule has 0 aromatic rings. The smallest absolute Gasteiger partial charge is 0.745 e. The van der Waals surface area contributed by atoms with E-state index < -0.39 is 21.8 Å². The van der Waals surface area contributed by atoms with Crippen molar-refractivity contribution in [1.82, 2.24) is 0 Å². The van der Waals surface area contributed by atoms with Gasteiger partial charge in [-0.1, -0.05) is 0 Å². The van der Waals surface area contributed by atoms with E-state index in [0.29, 0.717) is 0 Å². The molecule has 0 saturated heterocycles. The summed E-state index contributed by atoms with van der Waals surface area (Å²) in [5.41, 5.74) is -4.32. The molecule has 62 valence electrons. The van der Waals surface area contributed by atoms with Crippen LogP contribution in [0.2, 0.25) is 0 Å².